The number of ether oxygens (including phenoxy) is 1. The average molecular weight is 533 g/mol. The van der Waals surface area contributed by atoms with Crippen molar-refractivity contribution in [1.29, 1.82) is 5.41 Å². The number of benzene rings is 2. The van der Waals surface area contributed by atoms with Crippen molar-refractivity contribution in [2.24, 2.45) is 0 Å². The molecule has 1 saturated heterocycles. The lowest BCUT2D eigenvalue weighted by Crippen LogP contribution is -2.42. The minimum absolute atomic E-state index is 0.0618. The molecule has 0 spiro atoms. The molecule has 4 rings (SSSR count). The molecule has 1 aliphatic heterocycles. The fourth-order valence-corrected chi connectivity index (χ4v) is 4.02. The second kappa shape index (κ2) is 10.5. The summed E-state index contributed by atoms with van der Waals surface area (Å²) < 4.78 is 5.37. The first kappa shape index (κ1) is 24.8. The van der Waals surface area contributed by atoms with Crippen molar-refractivity contribution in [2.45, 2.75) is 6.42 Å². The number of carbonyl (C=O) groups is 2. The van der Waals surface area contributed by atoms with Crippen molar-refractivity contribution in [3.8, 4) is 5.75 Å². The maximum absolute atomic E-state index is 13.1. The third-order valence-electron chi connectivity index (χ3n) is 5.40. The Balaban J connectivity index is 1.61. The highest BCUT2D eigenvalue weighted by molar-refractivity contribution is 6.35. The third kappa shape index (κ3) is 5.51. The van der Waals surface area contributed by atoms with Crippen LogP contribution in [0.1, 0.15) is 32.7 Å². The Kier molecular flexibility index (Phi) is 7.45. The van der Waals surface area contributed by atoms with E-state index in [1.54, 1.807) is 30.3 Å². The smallest absolute Gasteiger partial charge is 0.259 e. The molecule has 1 aliphatic rings. The van der Waals surface area contributed by atoms with Gasteiger partial charge in [0.1, 0.15) is 17.4 Å². The number of amides is 2. The molecule has 0 bridgehead atoms. The zero-order chi connectivity index (χ0) is 25.1. The summed E-state index contributed by atoms with van der Waals surface area (Å²) >= 11 is 18.4. The fraction of sp³-hybridized carbons (Fsp3) is 0.167. The van der Waals surface area contributed by atoms with Gasteiger partial charge in [-0.25, -0.2) is 4.98 Å². The van der Waals surface area contributed by atoms with E-state index in [1.165, 1.54) is 25.4 Å². The first-order chi connectivity index (χ1) is 16.8. The van der Waals surface area contributed by atoms with Crippen molar-refractivity contribution in [2.75, 3.05) is 30.8 Å². The molecule has 0 radical (unpaired) electrons. The molecule has 1 aromatic heterocycles. The SMILES string of the molecule is COc1cc(Cl)cc(C(=O)Nc2ccc(Cl)cn2)c1NC(=O)c1ccc(C(=N)N2CCC2)cc1Cl. The number of carbonyl (C=O) groups excluding carboxylic acids is 2. The van der Waals surface area contributed by atoms with Gasteiger partial charge in [0.15, 0.2) is 0 Å². The van der Waals surface area contributed by atoms with Crippen LogP contribution in [0.4, 0.5) is 11.5 Å². The number of anilines is 2. The number of amidine groups is 1. The van der Waals surface area contributed by atoms with Gasteiger partial charge in [0.2, 0.25) is 0 Å². The number of methoxy groups -OCH3 is 1. The van der Waals surface area contributed by atoms with E-state index in [0.29, 0.717) is 16.4 Å². The molecule has 0 saturated carbocycles. The van der Waals surface area contributed by atoms with Crippen molar-refractivity contribution in [3.05, 3.63) is 80.4 Å². The molecule has 2 aromatic carbocycles. The van der Waals surface area contributed by atoms with Gasteiger partial charge in [-0.2, -0.15) is 0 Å². The van der Waals surface area contributed by atoms with Crippen LogP contribution >= 0.6 is 34.8 Å². The average Bonchev–Trinajstić information content (AvgIpc) is 2.79. The van der Waals surface area contributed by atoms with Crippen molar-refractivity contribution >= 4 is 64.0 Å². The lowest BCUT2D eigenvalue weighted by Gasteiger charge is -2.33. The van der Waals surface area contributed by atoms with Crippen molar-refractivity contribution in [1.82, 2.24) is 9.88 Å². The summed E-state index contributed by atoms with van der Waals surface area (Å²) in [5.41, 5.74) is 0.967. The second-order valence-corrected chi connectivity index (χ2v) is 8.96. The zero-order valence-corrected chi connectivity index (χ0v) is 20.8. The van der Waals surface area contributed by atoms with Crippen LogP contribution in [0.2, 0.25) is 15.1 Å². The van der Waals surface area contributed by atoms with Gasteiger partial charge < -0.3 is 20.3 Å². The molecule has 3 N–H and O–H groups in total. The number of aromatic nitrogens is 1. The number of likely N-dealkylation sites (tertiary alicyclic amines) is 1. The summed E-state index contributed by atoms with van der Waals surface area (Å²) in [5.74, 6) is -0.317. The highest BCUT2D eigenvalue weighted by atomic mass is 35.5. The summed E-state index contributed by atoms with van der Waals surface area (Å²) in [7, 11) is 1.40. The molecule has 1 fully saturated rings. The van der Waals surface area contributed by atoms with Crippen LogP contribution in [0.15, 0.2) is 48.7 Å². The fourth-order valence-electron chi connectivity index (χ4n) is 3.43. The lowest BCUT2D eigenvalue weighted by molar-refractivity contribution is 0.102. The maximum atomic E-state index is 13.1. The van der Waals surface area contributed by atoms with E-state index in [0.717, 1.165) is 19.5 Å². The topological polar surface area (TPSA) is 107 Å². The molecule has 35 heavy (non-hydrogen) atoms. The Bertz CT molecular complexity index is 1310. The minimum Gasteiger partial charge on any atom is -0.494 e. The van der Waals surface area contributed by atoms with E-state index in [-0.39, 0.29) is 38.4 Å². The number of hydrogen-bond acceptors (Lipinski definition) is 5. The Labute approximate surface area is 216 Å². The van der Waals surface area contributed by atoms with E-state index in [4.69, 9.17) is 44.9 Å². The third-order valence-corrected chi connectivity index (χ3v) is 6.15. The number of rotatable bonds is 6. The largest absolute Gasteiger partial charge is 0.494 e. The molecule has 2 heterocycles. The molecule has 11 heteroatoms. The first-order valence-corrected chi connectivity index (χ1v) is 11.7. The monoisotopic (exact) mass is 531 g/mol. The highest BCUT2D eigenvalue weighted by Crippen LogP contribution is 2.34. The van der Waals surface area contributed by atoms with Crippen LogP contribution < -0.4 is 15.4 Å². The number of halogens is 3. The van der Waals surface area contributed by atoms with Gasteiger partial charge in [0, 0.05) is 35.9 Å². The van der Waals surface area contributed by atoms with Gasteiger partial charge in [-0.3, -0.25) is 15.0 Å². The summed E-state index contributed by atoms with van der Waals surface area (Å²) in [5, 5.41) is 14.5. The molecule has 0 unspecified atom stereocenters. The summed E-state index contributed by atoms with van der Waals surface area (Å²) in [4.78, 5) is 32.1. The number of hydrogen-bond donors (Lipinski definition) is 3. The standard InChI is InChI=1S/C24H20Cl3N5O3/c1-35-19-11-15(26)10-17(24(34)30-20-6-4-14(25)12-29-20)21(19)31-23(33)16-5-3-13(9-18(16)27)22(28)32-7-2-8-32/h3-6,9-12,28H,2,7-8H2,1H3,(H,31,33)(H,29,30,34). The van der Waals surface area contributed by atoms with Gasteiger partial charge in [-0.05, 0) is 36.8 Å². The number of nitrogens with one attached hydrogen (secondary N) is 3. The Morgan fingerprint density at radius 1 is 0.971 bits per heavy atom. The van der Waals surface area contributed by atoms with Gasteiger partial charge in [-0.15, -0.1) is 0 Å². The predicted molar refractivity (Wildman–Crippen MR) is 138 cm³/mol. The highest BCUT2D eigenvalue weighted by Gasteiger charge is 2.23. The van der Waals surface area contributed by atoms with Crippen LogP contribution in [0.5, 0.6) is 5.75 Å². The predicted octanol–water partition coefficient (Wildman–Crippen LogP) is 5.59. The second-order valence-electron chi connectivity index (χ2n) is 7.68. The van der Waals surface area contributed by atoms with Gasteiger partial charge in [0.25, 0.3) is 11.8 Å². The van der Waals surface area contributed by atoms with Crippen molar-refractivity contribution in [3.63, 3.8) is 0 Å². The first-order valence-electron chi connectivity index (χ1n) is 10.5. The molecular weight excluding hydrogens is 513 g/mol. The van der Waals surface area contributed by atoms with Crippen LogP contribution in [0.3, 0.4) is 0 Å². The minimum atomic E-state index is -0.569. The molecule has 2 amide bonds. The Morgan fingerprint density at radius 2 is 1.71 bits per heavy atom. The van der Waals surface area contributed by atoms with Gasteiger partial charge in [-0.1, -0.05) is 40.9 Å². The van der Waals surface area contributed by atoms with Crippen LogP contribution in [-0.2, 0) is 0 Å². The Hall–Kier alpha value is -3.33. The van der Waals surface area contributed by atoms with E-state index < -0.39 is 11.8 Å². The van der Waals surface area contributed by atoms with E-state index in [9.17, 15) is 9.59 Å². The number of nitrogens with zero attached hydrogens (tertiary/aromatic N) is 2. The summed E-state index contributed by atoms with van der Waals surface area (Å²) in [6.45, 7) is 1.65. The Morgan fingerprint density at radius 3 is 2.31 bits per heavy atom. The van der Waals surface area contributed by atoms with Gasteiger partial charge in [0.05, 0.1) is 34.0 Å². The maximum Gasteiger partial charge on any atom is 0.259 e. The molecule has 8 nitrogen and oxygen atoms in total. The quantitative estimate of drug-likeness (QED) is 0.283. The molecular formula is C24H20Cl3N5O3. The molecule has 3 aromatic rings. The van der Waals surface area contributed by atoms with E-state index >= 15 is 0 Å². The van der Waals surface area contributed by atoms with Crippen molar-refractivity contribution < 1.29 is 14.3 Å². The lowest BCUT2D eigenvalue weighted by atomic mass is 10.1. The van der Waals surface area contributed by atoms with Crippen LogP contribution in [0, 0.1) is 5.41 Å². The molecule has 180 valence electrons. The molecule has 0 atom stereocenters. The van der Waals surface area contributed by atoms with Crippen LogP contribution in [-0.4, -0.2) is 47.7 Å². The number of pyridine rings is 1. The zero-order valence-electron chi connectivity index (χ0n) is 18.5. The van der Waals surface area contributed by atoms with Gasteiger partial charge >= 0.3 is 0 Å². The summed E-state index contributed by atoms with van der Waals surface area (Å²) in [6.07, 6.45) is 2.44. The van der Waals surface area contributed by atoms with Crippen LogP contribution in [0.25, 0.3) is 0 Å². The van der Waals surface area contributed by atoms with E-state index in [2.05, 4.69) is 15.6 Å². The van der Waals surface area contributed by atoms with E-state index in [1.807, 2.05) is 4.90 Å². The molecule has 0 aliphatic carbocycles. The normalized spacial score (nSPS) is 12.5. The summed E-state index contributed by atoms with van der Waals surface area (Å²) in [6, 6.07) is 10.8.